The van der Waals surface area contributed by atoms with Crippen LogP contribution >= 0.6 is 15.9 Å². The molecule has 0 bridgehead atoms. The molecular formula is C11H14BrN3O4S. The lowest BCUT2D eigenvalue weighted by atomic mass is 10.1. The fraction of sp³-hybridized carbons (Fsp3) is 0.455. The number of primary sulfonamides is 1. The SMILES string of the molecule is COc1cc(N2CC(CS(N)(=O)=O)CC2=O)c(Br)cn1. The number of anilines is 1. The van der Waals surface area contributed by atoms with Gasteiger partial charge in [0.2, 0.25) is 21.8 Å². The molecule has 110 valence electrons. The monoisotopic (exact) mass is 363 g/mol. The summed E-state index contributed by atoms with van der Waals surface area (Å²) in [5.41, 5.74) is 0.610. The van der Waals surface area contributed by atoms with E-state index >= 15 is 0 Å². The molecule has 1 saturated heterocycles. The molecule has 1 aliphatic heterocycles. The minimum atomic E-state index is -3.59. The van der Waals surface area contributed by atoms with Crippen LogP contribution in [0.25, 0.3) is 0 Å². The number of rotatable bonds is 4. The molecule has 2 N–H and O–H groups in total. The van der Waals surface area contributed by atoms with E-state index in [4.69, 9.17) is 9.88 Å². The van der Waals surface area contributed by atoms with E-state index in [2.05, 4.69) is 20.9 Å². The zero-order valence-electron chi connectivity index (χ0n) is 10.7. The summed E-state index contributed by atoms with van der Waals surface area (Å²) in [5, 5.41) is 5.02. The van der Waals surface area contributed by atoms with Gasteiger partial charge in [-0.3, -0.25) is 4.79 Å². The molecule has 0 radical (unpaired) electrons. The minimum Gasteiger partial charge on any atom is -0.481 e. The highest BCUT2D eigenvalue weighted by Gasteiger charge is 2.33. The summed E-state index contributed by atoms with van der Waals surface area (Å²) in [6.45, 7) is 0.307. The molecule has 1 aromatic heterocycles. The van der Waals surface area contributed by atoms with Gasteiger partial charge >= 0.3 is 0 Å². The van der Waals surface area contributed by atoms with E-state index in [1.807, 2.05) is 0 Å². The number of carbonyl (C=O) groups is 1. The molecule has 9 heteroatoms. The summed E-state index contributed by atoms with van der Waals surface area (Å²) >= 11 is 3.32. The number of halogens is 1. The molecule has 0 spiro atoms. The highest BCUT2D eigenvalue weighted by atomic mass is 79.9. The van der Waals surface area contributed by atoms with Gasteiger partial charge in [-0.15, -0.1) is 0 Å². The Kier molecular flexibility index (Phi) is 4.31. The lowest BCUT2D eigenvalue weighted by Gasteiger charge is -2.18. The number of hydrogen-bond acceptors (Lipinski definition) is 5. The summed E-state index contributed by atoms with van der Waals surface area (Å²) in [7, 11) is -2.11. The van der Waals surface area contributed by atoms with Gasteiger partial charge in [0.25, 0.3) is 0 Å². The number of methoxy groups -OCH3 is 1. The second kappa shape index (κ2) is 5.66. The summed E-state index contributed by atoms with van der Waals surface area (Å²) in [4.78, 5) is 17.6. The van der Waals surface area contributed by atoms with Crippen LogP contribution in [0.1, 0.15) is 6.42 Å². The maximum atomic E-state index is 12.0. The van der Waals surface area contributed by atoms with Crippen molar-refractivity contribution in [3.05, 3.63) is 16.7 Å². The van der Waals surface area contributed by atoms with Gasteiger partial charge in [0.15, 0.2) is 0 Å². The molecule has 0 saturated carbocycles. The minimum absolute atomic E-state index is 0.146. The van der Waals surface area contributed by atoms with Crippen molar-refractivity contribution in [2.75, 3.05) is 24.3 Å². The molecule has 0 aromatic carbocycles. The van der Waals surface area contributed by atoms with E-state index in [1.54, 1.807) is 6.07 Å². The Morgan fingerprint density at radius 3 is 2.90 bits per heavy atom. The van der Waals surface area contributed by atoms with Gasteiger partial charge in [-0.25, -0.2) is 18.5 Å². The van der Waals surface area contributed by atoms with Crippen molar-refractivity contribution in [3.8, 4) is 5.88 Å². The number of nitrogens with two attached hydrogens (primary N) is 1. The van der Waals surface area contributed by atoms with E-state index in [1.165, 1.54) is 18.2 Å². The molecule has 1 fully saturated rings. The number of amides is 1. The van der Waals surface area contributed by atoms with E-state index in [0.717, 1.165) is 0 Å². The molecular weight excluding hydrogens is 350 g/mol. The lowest BCUT2D eigenvalue weighted by molar-refractivity contribution is -0.117. The number of pyridine rings is 1. The van der Waals surface area contributed by atoms with Gasteiger partial charge in [0.05, 0.1) is 23.0 Å². The zero-order chi connectivity index (χ0) is 14.9. The smallest absolute Gasteiger partial charge is 0.227 e. The summed E-state index contributed by atoms with van der Waals surface area (Å²) in [6, 6.07) is 1.63. The predicted molar refractivity (Wildman–Crippen MR) is 76.9 cm³/mol. The number of hydrogen-bond donors (Lipinski definition) is 1. The van der Waals surface area contributed by atoms with Gasteiger partial charge in [0, 0.05) is 31.1 Å². The first-order valence-corrected chi connectivity index (χ1v) is 8.31. The van der Waals surface area contributed by atoms with Crippen LogP contribution in [0.5, 0.6) is 5.88 Å². The van der Waals surface area contributed by atoms with E-state index in [-0.39, 0.29) is 24.0 Å². The number of sulfonamides is 1. The molecule has 2 heterocycles. The van der Waals surface area contributed by atoms with Crippen molar-refractivity contribution in [1.29, 1.82) is 0 Å². The first-order chi connectivity index (χ1) is 9.30. The number of aromatic nitrogens is 1. The van der Waals surface area contributed by atoms with Crippen LogP contribution in [0.2, 0.25) is 0 Å². The molecule has 2 rings (SSSR count). The molecule has 1 atom stereocenters. The maximum absolute atomic E-state index is 12.0. The van der Waals surface area contributed by atoms with Crippen molar-refractivity contribution in [2.24, 2.45) is 11.1 Å². The Bertz CT molecular complexity index is 635. The van der Waals surface area contributed by atoms with Gasteiger partial charge in [-0.2, -0.15) is 0 Å². The third kappa shape index (κ3) is 3.47. The van der Waals surface area contributed by atoms with Crippen molar-refractivity contribution >= 4 is 37.5 Å². The normalized spacial score (nSPS) is 19.4. The molecule has 1 amide bonds. The standard InChI is InChI=1S/C11H14BrN3O4S/c1-19-10-3-9(8(12)4-14-10)15-5-7(2-11(15)16)6-20(13,17)18/h3-4,7H,2,5-6H2,1H3,(H2,13,17,18). The second-order valence-electron chi connectivity index (χ2n) is 4.58. The Morgan fingerprint density at radius 2 is 2.30 bits per heavy atom. The van der Waals surface area contributed by atoms with E-state index in [0.29, 0.717) is 22.6 Å². The molecule has 1 aromatic rings. The van der Waals surface area contributed by atoms with E-state index < -0.39 is 10.0 Å². The summed E-state index contributed by atoms with van der Waals surface area (Å²) in [6.07, 6.45) is 1.70. The zero-order valence-corrected chi connectivity index (χ0v) is 13.1. The number of carbonyl (C=O) groups excluding carboxylic acids is 1. The Morgan fingerprint density at radius 1 is 1.60 bits per heavy atom. The molecule has 0 aliphatic carbocycles. The fourth-order valence-corrected chi connectivity index (χ4v) is 3.49. The van der Waals surface area contributed by atoms with E-state index in [9.17, 15) is 13.2 Å². The van der Waals surface area contributed by atoms with Gasteiger partial charge in [0.1, 0.15) is 0 Å². The molecule has 20 heavy (non-hydrogen) atoms. The first-order valence-electron chi connectivity index (χ1n) is 5.80. The highest BCUT2D eigenvalue weighted by Crippen LogP contribution is 2.33. The number of nitrogens with zero attached hydrogens (tertiary/aromatic N) is 2. The van der Waals surface area contributed by atoms with Crippen LogP contribution in [0.3, 0.4) is 0 Å². The molecule has 1 aliphatic rings. The topological polar surface area (TPSA) is 103 Å². The van der Waals surface area contributed by atoms with Crippen molar-refractivity contribution < 1.29 is 17.9 Å². The van der Waals surface area contributed by atoms with Gasteiger partial charge < -0.3 is 9.64 Å². The highest BCUT2D eigenvalue weighted by molar-refractivity contribution is 9.10. The summed E-state index contributed by atoms with van der Waals surface area (Å²) in [5.74, 6) is -0.267. The first kappa shape index (κ1) is 15.2. The van der Waals surface area contributed by atoms with Crippen molar-refractivity contribution in [3.63, 3.8) is 0 Å². The number of ether oxygens (including phenoxy) is 1. The Labute approximate surface area is 125 Å². The Hall–Kier alpha value is -1.19. The van der Waals surface area contributed by atoms with Crippen LogP contribution in [0.15, 0.2) is 16.7 Å². The lowest BCUT2D eigenvalue weighted by Crippen LogP contribution is -2.27. The second-order valence-corrected chi connectivity index (χ2v) is 7.10. The predicted octanol–water partition coefficient (Wildman–Crippen LogP) is 0.494. The molecule has 7 nitrogen and oxygen atoms in total. The average molecular weight is 364 g/mol. The van der Waals surface area contributed by atoms with Crippen LogP contribution in [0.4, 0.5) is 5.69 Å². The van der Waals surface area contributed by atoms with Crippen LogP contribution in [-0.2, 0) is 14.8 Å². The third-order valence-corrected chi connectivity index (χ3v) is 4.53. The van der Waals surface area contributed by atoms with Crippen molar-refractivity contribution in [2.45, 2.75) is 6.42 Å². The molecule has 1 unspecified atom stereocenters. The summed E-state index contributed by atoms with van der Waals surface area (Å²) < 4.78 is 27.9. The van der Waals surface area contributed by atoms with Crippen LogP contribution in [-0.4, -0.2) is 38.7 Å². The van der Waals surface area contributed by atoms with Gasteiger partial charge in [-0.1, -0.05) is 0 Å². The third-order valence-electron chi connectivity index (χ3n) is 2.98. The largest absolute Gasteiger partial charge is 0.481 e. The fourth-order valence-electron chi connectivity index (χ4n) is 2.18. The van der Waals surface area contributed by atoms with Crippen LogP contribution < -0.4 is 14.8 Å². The van der Waals surface area contributed by atoms with Crippen LogP contribution in [0, 0.1) is 5.92 Å². The maximum Gasteiger partial charge on any atom is 0.227 e. The Balaban J connectivity index is 2.24. The van der Waals surface area contributed by atoms with Gasteiger partial charge in [-0.05, 0) is 15.9 Å². The quantitative estimate of drug-likeness (QED) is 0.838. The van der Waals surface area contributed by atoms with Crippen molar-refractivity contribution in [1.82, 2.24) is 4.98 Å². The average Bonchev–Trinajstić information content (AvgIpc) is 2.68.